The molecule has 6 heteroatoms. The van der Waals surface area contributed by atoms with E-state index in [9.17, 15) is 18.0 Å². The predicted octanol–water partition coefficient (Wildman–Crippen LogP) is 2.18. The molecule has 94 valence electrons. The summed E-state index contributed by atoms with van der Waals surface area (Å²) in [6.07, 6.45) is -4.30. The van der Waals surface area contributed by atoms with E-state index < -0.39 is 24.7 Å². The number of halogens is 3. The van der Waals surface area contributed by atoms with Gasteiger partial charge in [-0.05, 0) is 25.7 Å². The van der Waals surface area contributed by atoms with Gasteiger partial charge in [0.2, 0.25) is 0 Å². The number of hydrogen-bond acceptors (Lipinski definition) is 3. The number of aliphatic hydroxyl groups excluding tert-OH is 1. The standard InChI is InChI=1S/C10H15F3O3/c11-10(12,13)6-8(14)9(15)16-7-4-2-1-3-5-7/h7-8,14H,1-6H2. The fourth-order valence-electron chi connectivity index (χ4n) is 1.73. The van der Waals surface area contributed by atoms with Crippen molar-refractivity contribution in [2.75, 3.05) is 0 Å². The summed E-state index contributed by atoms with van der Waals surface area (Å²) in [6.45, 7) is 0. The average Bonchev–Trinajstić information content (AvgIpc) is 2.16. The first-order valence-electron chi connectivity index (χ1n) is 5.34. The second-order valence-electron chi connectivity index (χ2n) is 4.03. The highest BCUT2D eigenvalue weighted by Gasteiger charge is 2.35. The molecule has 0 spiro atoms. The fraction of sp³-hybridized carbons (Fsp3) is 0.900. The van der Waals surface area contributed by atoms with Crippen LogP contribution in [0.1, 0.15) is 38.5 Å². The highest BCUT2D eigenvalue weighted by atomic mass is 19.4. The van der Waals surface area contributed by atoms with Gasteiger partial charge in [0.25, 0.3) is 0 Å². The number of ether oxygens (including phenoxy) is 1. The maximum absolute atomic E-state index is 11.9. The summed E-state index contributed by atoms with van der Waals surface area (Å²) < 4.78 is 40.4. The van der Waals surface area contributed by atoms with Gasteiger partial charge in [-0.15, -0.1) is 0 Å². The Hall–Kier alpha value is -0.780. The van der Waals surface area contributed by atoms with Crippen molar-refractivity contribution in [3.05, 3.63) is 0 Å². The van der Waals surface area contributed by atoms with Crippen molar-refractivity contribution in [1.29, 1.82) is 0 Å². The lowest BCUT2D eigenvalue weighted by Gasteiger charge is -2.23. The number of alkyl halides is 3. The highest BCUT2D eigenvalue weighted by Crippen LogP contribution is 2.24. The molecule has 0 aromatic rings. The molecule has 1 atom stereocenters. The first-order chi connectivity index (χ1) is 7.38. The summed E-state index contributed by atoms with van der Waals surface area (Å²) in [5.74, 6) is -1.16. The molecule has 1 aliphatic carbocycles. The lowest BCUT2D eigenvalue weighted by atomic mass is 9.98. The van der Waals surface area contributed by atoms with Gasteiger partial charge >= 0.3 is 12.1 Å². The molecule has 1 rings (SSSR count). The van der Waals surface area contributed by atoms with Crippen LogP contribution in [0, 0.1) is 0 Å². The van der Waals surface area contributed by atoms with E-state index in [4.69, 9.17) is 9.84 Å². The molecule has 0 radical (unpaired) electrons. The van der Waals surface area contributed by atoms with E-state index in [0.717, 1.165) is 19.3 Å². The molecular weight excluding hydrogens is 225 g/mol. The number of esters is 1. The van der Waals surface area contributed by atoms with Gasteiger partial charge in [0.1, 0.15) is 6.10 Å². The van der Waals surface area contributed by atoms with Crippen molar-refractivity contribution in [3.63, 3.8) is 0 Å². The number of carbonyl (C=O) groups is 1. The Bertz CT molecular complexity index is 234. The van der Waals surface area contributed by atoms with Crippen LogP contribution in [0.5, 0.6) is 0 Å². The molecule has 1 N–H and O–H groups in total. The van der Waals surface area contributed by atoms with Crippen molar-refractivity contribution in [1.82, 2.24) is 0 Å². The second-order valence-corrected chi connectivity index (χ2v) is 4.03. The largest absolute Gasteiger partial charge is 0.460 e. The maximum atomic E-state index is 11.9. The van der Waals surface area contributed by atoms with Gasteiger partial charge in [-0.3, -0.25) is 0 Å². The molecule has 1 aliphatic rings. The van der Waals surface area contributed by atoms with E-state index in [0.29, 0.717) is 12.8 Å². The zero-order valence-electron chi connectivity index (χ0n) is 8.79. The van der Waals surface area contributed by atoms with Gasteiger partial charge in [0, 0.05) is 0 Å². The summed E-state index contributed by atoms with van der Waals surface area (Å²) in [6, 6.07) is 0. The molecule has 0 aromatic heterocycles. The lowest BCUT2D eigenvalue weighted by Crippen LogP contribution is -2.32. The van der Waals surface area contributed by atoms with E-state index in [2.05, 4.69) is 0 Å². The smallest absolute Gasteiger partial charge is 0.392 e. The minimum absolute atomic E-state index is 0.330. The first-order valence-corrected chi connectivity index (χ1v) is 5.34. The van der Waals surface area contributed by atoms with Gasteiger partial charge in [-0.25, -0.2) is 4.79 Å². The van der Waals surface area contributed by atoms with Gasteiger partial charge in [-0.1, -0.05) is 6.42 Å². The Morgan fingerprint density at radius 3 is 2.38 bits per heavy atom. The molecule has 3 nitrogen and oxygen atoms in total. The van der Waals surface area contributed by atoms with Crippen molar-refractivity contribution in [2.24, 2.45) is 0 Å². The van der Waals surface area contributed by atoms with E-state index in [-0.39, 0.29) is 6.10 Å². The van der Waals surface area contributed by atoms with Crippen molar-refractivity contribution < 1.29 is 27.8 Å². The average molecular weight is 240 g/mol. The molecule has 16 heavy (non-hydrogen) atoms. The van der Waals surface area contributed by atoms with Crippen molar-refractivity contribution in [3.8, 4) is 0 Å². The van der Waals surface area contributed by atoms with Crippen LogP contribution in [-0.4, -0.2) is 29.5 Å². The van der Waals surface area contributed by atoms with E-state index in [1.54, 1.807) is 0 Å². The predicted molar refractivity (Wildman–Crippen MR) is 49.6 cm³/mol. The Balaban J connectivity index is 2.33. The monoisotopic (exact) mass is 240 g/mol. The molecule has 1 unspecified atom stereocenters. The number of aliphatic hydroxyl groups is 1. The SMILES string of the molecule is O=C(OC1CCCCC1)C(O)CC(F)(F)F. The van der Waals surface area contributed by atoms with Crippen molar-refractivity contribution >= 4 is 5.97 Å². The van der Waals surface area contributed by atoms with Crippen LogP contribution in [0.3, 0.4) is 0 Å². The quantitative estimate of drug-likeness (QED) is 0.769. The van der Waals surface area contributed by atoms with E-state index >= 15 is 0 Å². The Morgan fingerprint density at radius 1 is 1.31 bits per heavy atom. The summed E-state index contributed by atoms with van der Waals surface area (Å²) >= 11 is 0. The zero-order valence-corrected chi connectivity index (χ0v) is 8.79. The molecule has 0 aromatic carbocycles. The van der Waals surface area contributed by atoms with Gasteiger partial charge in [0.15, 0.2) is 6.10 Å². The first kappa shape index (κ1) is 13.3. The van der Waals surface area contributed by atoms with Gasteiger partial charge in [0.05, 0.1) is 6.42 Å². The van der Waals surface area contributed by atoms with Crippen LogP contribution in [0.2, 0.25) is 0 Å². The highest BCUT2D eigenvalue weighted by molar-refractivity contribution is 5.74. The number of hydrogen-bond donors (Lipinski definition) is 1. The molecule has 1 saturated carbocycles. The second kappa shape index (κ2) is 5.52. The maximum Gasteiger partial charge on any atom is 0.392 e. The van der Waals surface area contributed by atoms with Gasteiger partial charge < -0.3 is 9.84 Å². The van der Waals surface area contributed by atoms with Crippen LogP contribution in [0.4, 0.5) is 13.2 Å². The van der Waals surface area contributed by atoms with Crippen LogP contribution in [0.15, 0.2) is 0 Å². The normalized spacial score (nSPS) is 20.5. The zero-order chi connectivity index (χ0) is 12.2. The molecule has 0 amide bonds. The molecule has 0 aliphatic heterocycles. The molecule has 0 bridgehead atoms. The molecular formula is C10H15F3O3. The number of rotatable bonds is 3. The fourth-order valence-corrected chi connectivity index (χ4v) is 1.73. The van der Waals surface area contributed by atoms with E-state index in [1.165, 1.54) is 0 Å². The third-order valence-corrected chi connectivity index (χ3v) is 2.53. The third kappa shape index (κ3) is 4.83. The summed E-state index contributed by atoms with van der Waals surface area (Å²) in [4.78, 5) is 11.1. The van der Waals surface area contributed by atoms with Crippen LogP contribution < -0.4 is 0 Å². The Morgan fingerprint density at radius 2 is 1.88 bits per heavy atom. The van der Waals surface area contributed by atoms with Crippen LogP contribution in [0.25, 0.3) is 0 Å². The molecule has 1 fully saturated rings. The van der Waals surface area contributed by atoms with E-state index in [1.807, 2.05) is 0 Å². The van der Waals surface area contributed by atoms with Crippen molar-refractivity contribution in [2.45, 2.75) is 56.9 Å². The van der Waals surface area contributed by atoms with Gasteiger partial charge in [-0.2, -0.15) is 13.2 Å². The summed E-state index contributed by atoms with van der Waals surface area (Å²) in [5, 5.41) is 8.99. The summed E-state index contributed by atoms with van der Waals surface area (Å²) in [7, 11) is 0. The minimum Gasteiger partial charge on any atom is -0.460 e. The Labute approximate surface area is 91.6 Å². The summed E-state index contributed by atoms with van der Waals surface area (Å²) in [5.41, 5.74) is 0. The van der Waals surface area contributed by atoms with Crippen LogP contribution >= 0.6 is 0 Å². The third-order valence-electron chi connectivity index (χ3n) is 2.53. The Kier molecular flexibility index (Phi) is 4.58. The topological polar surface area (TPSA) is 46.5 Å². The minimum atomic E-state index is -4.55. The van der Waals surface area contributed by atoms with Crippen LogP contribution in [-0.2, 0) is 9.53 Å². The number of carbonyl (C=O) groups excluding carboxylic acids is 1. The molecule has 0 heterocycles. The molecule has 0 saturated heterocycles. The lowest BCUT2D eigenvalue weighted by molar-refractivity contribution is -0.181.